The average molecular weight is 278 g/mol. The van der Waals surface area contributed by atoms with Crippen LogP contribution < -0.4 is 5.32 Å². The highest BCUT2D eigenvalue weighted by Crippen LogP contribution is 2.13. The lowest BCUT2D eigenvalue weighted by molar-refractivity contribution is 0.464. The third-order valence-electron chi connectivity index (χ3n) is 2.06. The van der Waals surface area contributed by atoms with Crippen molar-refractivity contribution >= 4 is 27.7 Å². The Labute approximate surface area is 98.0 Å². The fourth-order valence-electron chi connectivity index (χ4n) is 1.08. The van der Waals surface area contributed by atoms with Gasteiger partial charge in [-0.2, -0.15) is 11.8 Å². The Kier molecular flexibility index (Phi) is 5.67. The predicted octanol–water partition coefficient (Wildman–Crippen LogP) is 3.27. The molecule has 1 heterocycles. The van der Waals surface area contributed by atoms with Gasteiger partial charge < -0.3 is 9.73 Å². The highest BCUT2D eigenvalue weighted by atomic mass is 79.9. The molecule has 0 aliphatic rings. The number of thioether (sulfide) groups is 1. The van der Waals surface area contributed by atoms with Crippen LogP contribution in [0.4, 0.5) is 0 Å². The van der Waals surface area contributed by atoms with Crippen LogP contribution in [-0.4, -0.2) is 18.1 Å². The highest BCUT2D eigenvalue weighted by Gasteiger charge is 2.00. The largest absolute Gasteiger partial charge is 0.453 e. The Bertz CT molecular complexity index is 264. The molecule has 1 rings (SSSR count). The van der Waals surface area contributed by atoms with Crippen molar-refractivity contribution in [3.05, 3.63) is 22.6 Å². The zero-order valence-electron chi connectivity index (χ0n) is 8.55. The van der Waals surface area contributed by atoms with Gasteiger partial charge in [-0.3, -0.25) is 0 Å². The molecule has 14 heavy (non-hydrogen) atoms. The van der Waals surface area contributed by atoms with E-state index in [4.69, 9.17) is 4.42 Å². The van der Waals surface area contributed by atoms with Crippen LogP contribution in [0.25, 0.3) is 0 Å². The third kappa shape index (κ3) is 4.53. The summed E-state index contributed by atoms with van der Waals surface area (Å²) in [6, 6.07) is 3.90. The molecule has 0 aromatic carbocycles. The summed E-state index contributed by atoms with van der Waals surface area (Å²) < 4.78 is 6.16. The summed E-state index contributed by atoms with van der Waals surface area (Å²) in [5, 5.41) is 4.08. The van der Waals surface area contributed by atoms with Crippen molar-refractivity contribution in [2.75, 3.05) is 12.8 Å². The summed E-state index contributed by atoms with van der Waals surface area (Å²) in [7, 11) is 0. The minimum Gasteiger partial charge on any atom is -0.453 e. The van der Waals surface area contributed by atoms with E-state index in [1.807, 2.05) is 23.9 Å². The van der Waals surface area contributed by atoms with E-state index >= 15 is 0 Å². The van der Waals surface area contributed by atoms with Gasteiger partial charge in [-0.05, 0) is 47.3 Å². The van der Waals surface area contributed by atoms with E-state index in [1.54, 1.807) is 0 Å². The Morgan fingerprint density at radius 1 is 1.57 bits per heavy atom. The van der Waals surface area contributed by atoms with Gasteiger partial charge in [-0.1, -0.05) is 6.92 Å². The van der Waals surface area contributed by atoms with E-state index in [-0.39, 0.29) is 0 Å². The third-order valence-corrected chi connectivity index (χ3v) is 3.52. The predicted molar refractivity (Wildman–Crippen MR) is 65.7 cm³/mol. The second kappa shape index (κ2) is 6.53. The molecule has 0 saturated heterocycles. The van der Waals surface area contributed by atoms with Gasteiger partial charge >= 0.3 is 0 Å². The molecule has 4 heteroatoms. The topological polar surface area (TPSA) is 25.2 Å². The SMILES string of the molecule is CSC(C)CCNCc1ccc(Br)o1. The summed E-state index contributed by atoms with van der Waals surface area (Å²) >= 11 is 5.18. The van der Waals surface area contributed by atoms with Crippen LogP contribution in [0.5, 0.6) is 0 Å². The number of furan rings is 1. The van der Waals surface area contributed by atoms with Gasteiger partial charge in [0.2, 0.25) is 0 Å². The van der Waals surface area contributed by atoms with Gasteiger partial charge in [0, 0.05) is 5.25 Å². The summed E-state index contributed by atoms with van der Waals surface area (Å²) in [6.07, 6.45) is 3.34. The summed E-state index contributed by atoms with van der Waals surface area (Å²) in [4.78, 5) is 0. The van der Waals surface area contributed by atoms with Crippen LogP contribution >= 0.6 is 27.7 Å². The molecule has 1 N–H and O–H groups in total. The number of nitrogens with one attached hydrogen (secondary N) is 1. The molecule has 0 aliphatic carbocycles. The normalized spacial score (nSPS) is 13.1. The lowest BCUT2D eigenvalue weighted by Gasteiger charge is -2.07. The van der Waals surface area contributed by atoms with E-state index in [0.717, 1.165) is 28.8 Å². The molecule has 1 atom stereocenters. The minimum atomic E-state index is 0.728. The maximum atomic E-state index is 5.37. The Morgan fingerprint density at radius 3 is 2.93 bits per heavy atom. The van der Waals surface area contributed by atoms with Crippen molar-refractivity contribution in [3.63, 3.8) is 0 Å². The van der Waals surface area contributed by atoms with Crippen LogP contribution in [0.2, 0.25) is 0 Å². The minimum absolute atomic E-state index is 0.728. The van der Waals surface area contributed by atoms with Gasteiger partial charge in [0.05, 0.1) is 6.54 Å². The zero-order chi connectivity index (χ0) is 10.4. The van der Waals surface area contributed by atoms with Gasteiger partial charge in [-0.15, -0.1) is 0 Å². The van der Waals surface area contributed by atoms with Gasteiger partial charge in [0.15, 0.2) is 4.67 Å². The van der Waals surface area contributed by atoms with Gasteiger partial charge in [0.25, 0.3) is 0 Å². The van der Waals surface area contributed by atoms with E-state index < -0.39 is 0 Å². The first kappa shape index (κ1) is 12.1. The van der Waals surface area contributed by atoms with E-state index in [2.05, 4.69) is 34.4 Å². The Morgan fingerprint density at radius 2 is 2.36 bits per heavy atom. The molecule has 0 amide bonds. The maximum Gasteiger partial charge on any atom is 0.169 e. The molecule has 0 bridgehead atoms. The summed E-state index contributed by atoms with van der Waals surface area (Å²) in [5.41, 5.74) is 0. The van der Waals surface area contributed by atoms with Crippen LogP contribution in [0.3, 0.4) is 0 Å². The number of hydrogen-bond acceptors (Lipinski definition) is 3. The van der Waals surface area contributed by atoms with E-state index in [0.29, 0.717) is 0 Å². The molecule has 0 aliphatic heterocycles. The molecule has 0 spiro atoms. The smallest absolute Gasteiger partial charge is 0.169 e. The number of rotatable bonds is 6. The van der Waals surface area contributed by atoms with Crippen molar-refractivity contribution in [2.24, 2.45) is 0 Å². The Balaban J connectivity index is 2.10. The summed E-state index contributed by atoms with van der Waals surface area (Å²) in [6.45, 7) is 4.10. The lowest BCUT2D eigenvalue weighted by Crippen LogP contribution is -2.17. The highest BCUT2D eigenvalue weighted by molar-refractivity contribution is 9.10. The molecule has 80 valence electrons. The molecule has 2 nitrogen and oxygen atoms in total. The quantitative estimate of drug-likeness (QED) is 0.808. The standard InChI is InChI=1S/C10H16BrNOS/c1-8(14-2)5-6-12-7-9-3-4-10(11)13-9/h3-4,8,12H,5-7H2,1-2H3. The van der Waals surface area contributed by atoms with Crippen molar-refractivity contribution in [1.29, 1.82) is 0 Å². The number of halogens is 1. The fraction of sp³-hybridized carbons (Fsp3) is 0.600. The lowest BCUT2D eigenvalue weighted by atomic mass is 10.3. The molecule has 0 fully saturated rings. The monoisotopic (exact) mass is 277 g/mol. The van der Waals surface area contributed by atoms with Gasteiger partial charge in [-0.25, -0.2) is 0 Å². The second-order valence-electron chi connectivity index (χ2n) is 3.22. The molecule has 1 aromatic heterocycles. The van der Waals surface area contributed by atoms with Crippen molar-refractivity contribution in [3.8, 4) is 0 Å². The molecule has 1 unspecified atom stereocenters. The van der Waals surface area contributed by atoms with Gasteiger partial charge in [0.1, 0.15) is 5.76 Å². The van der Waals surface area contributed by atoms with Crippen molar-refractivity contribution in [2.45, 2.75) is 25.1 Å². The molecule has 0 radical (unpaired) electrons. The maximum absolute atomic E-state index is 5.37. The number of hydrogen-bond donors (Lipinski definition) is 1. The van der Waals surface area contributed by atoms with E-state index in [1.165, 1.54) is 6.42 Å². The van der Waals surface area contributed by atoms with Crippen LogP contribution in [0.1, 0.15) is 19.1 Å². The Hall–Kier alpha value is 0.0700. The fourth-order valence-corrected chi connectivity index (χ4v) is 1.78. The zero-order valence-corrected chi connectivity index (χ0v) is 11.0. The molecular formula is C10H16BrNOS. The first-order valence-electron chi connectivity index (χ1n) is 4.70. The first-order valence-corrected chi connectivity index (χ1v) is 6.78. The van der Waals surface area contributed by atoms with Crippen LogP contribution in [0, 0.1) is 0 Å². The second-order valence-corrected chi connectivity index (χ2v) is 5.28. The van der Waals surface area contributed by atoms with Crippen molar-refractivity contribution < 1.29 is 4.42 Å². The van der Waals surface area contributed by atoms with E-state index in [9.17, 15) is 0 Å². The molecular weight excluding hydrogens is 262 g/mol. The van der Waals surface area contributed by atoms with Crippen LogP contribution in [-0.2, 0) is 6.54 Å². The summed E-state index contributed by atoms with van der Waals surface area (Å²) in [5.74, 6) is 0.980. The molecule has 0 saturated carbocycles. The molecule has 1 aromatic rings. The van der Waals surface area contributed by atoms with Crippen LogP contribution in [0.15, 0.2) is 21.2 Å². The average Bonchev–Trinajstić information content (AvgIpc) is 2.58. The van der Waals surface area contributed by atoms with Crippen molar-refractivity contribution in [1.82, 2.24) is 5.32 Å². The first-order chi connectivity index (χ1) is 6.72.